The fourth-order valence-electron chi connectivity index (χ4n) is 1.41. The maximum atomic E-state index is 12.4. The number of para-hydroxylation sites is 1. The minimum atomic E-state index is -2.43. The lowest BCUT2D eigenvalue weighted by Crippen LogP contribution is -2.29. The molecule has 0 bridgehead atoms. The lowest BCUT2D eigenvalue weighted by atomic mass is 9.88. The zero-order valence-corrected chi connectivity index (χ0v) is 11.4. The maximum Gasteiger partial charge on any atom is 0.288 e. The van der Waals surface area contributed by atoms with E-state index in [1.807, 2.05) is 13.8 Å². The van der Waals surface area contributed by atoms with Gasteiger partial charge in [-0.15, -0.1) is 0 Å². The molecule has 102 valence electrons. The van der Waals surface area contributed by atoms with Crippen molar-refractivity contribution in [2.45, 2.75) is 30.9 Å². The molecule has 0 spiro atoms. The average molecular weight is 275 g/mol. The van der Waals surface area contributed by atoms with Crippen molar-refractivity contribution in [1.29, 1.82) is 0 Å². The van der Waals surface area contributed by atoms with Gasteiger partial charge in [0, 0.05) is 22.5 Å². The van der Waals surface area contributed by atoms with Crippen LogP contribution in [-0.2, 0) is 0 Å². The van der Waals surface area contributed by atoms with Crippen molar-refractivity contribution in [2.24, 2.45) is 5.41 Å². The third kappa shape index (κ3) is 4.46. The molecule has 2 N–H and O–H groups in total. The van der Waals surface area contributed by atoms with Crippen LogP contribution in [0.1, 0.15) is 20.3 Å². The largest absolute Gasteiger partial charge is 0.396 e. The Kier molecular flexibility index (Phi) is 5.88. The van der Waals surface area contributed by atoms with Gasteiger partial charge in [-0.1, -0.05) is 37.7 Å². The van der Waals surface area contributed by atoms with Crippen molar-refractivity contribution in [3.63, 3.8) is 0 Å². The number of aliphatic hydroxyl groups excluding tert-OH is 1. The topological polar surface area (TPSA) is 32.3 Å². The zero-order chi connectivity index (χ0) is 13.6. The Morgan fingerprint density at radius 1 is 1.39 bits per heavy atom. The van der Waals surface area contributed by atoms with Crippen LogP contribution in [0.25, 0.3) is 0 Å². The highest BCUT2D eigenvalue weighted by Crippen LogP contribution is 2.32. The van der Waals surface area contributed by atoms with E-state index in [4.69, 9.17) is 0 Å². The monoisotopic (exact) mass is 275 g/mol. The van der Waals surface area contributed by atoms with Crippen LogP contribution in [0.5, 0.6) is 0 Å². The van der Waals surface area contributed by atoms with Gasteiger partial charge in [-0.25, -0.2) is 0 Å². The van der Waals surface area contributed by atoms with Crippen LogP contribution < -0.4 is 5.32 Å². The van der Waals surface area contributed by atoms with Gasteiger partial charge in [-0.05, 0) is 18.6 Å². The number of hydrogen-bond donors (Lipinski definition) is 2. The Balaban J connectivity index is 2.72. The standard InChI is InChI=1S/C13H19F2NOS/c1-3-13(2,9-17)8-16-10-6-4-5-7-11(10)18-12(14)15/h4-7,12,16-17H,3,8-9H2,1-2H3. The second kappa shape index (κ2) is 6.95. The van der Waals surface area contributed by atoms with E-state index in [9.17, 15) is 13.9 Å². The number of benzene rings is 1. The first-order valence-corrected chi connectivity index (χ1v) is 6.77. The van der Waals surface area contributed by atoms with Gasteiger partial charge in [0.15, 0.2) is 0 Å². The second-order valence-corrected chi connectivity index (χ2v) is 5.58. The molecule has 1 atom stereocenters. The first-order valence-electron chi connectivity index (χ1n) is 5.89. The first-order chi connectivity index (χ1) is 8.50. The Labute approximate surface area is 111 Å². The Hall–Kier alpha value is -0.810. The summed E-state index contributed by atoms with van der Waals surface area (Å²) in [6.45, 7) is 4.59. The summed E-state index contributed by atoms with van der Waals surface area (Å²) in [5.74, 6) is -2.43. The molecule has 0 saturated carbocycles. The molecule has 1 unspecified atom stereocenters. The third-order valence-corrected chi connectivity index (χ3v) is 3.83. The molecule has 5 heteroatoms. The molecular weight excluding hydrogens is 256 g/mol. The highest BCUT2D eigenvalue weighted by Gasteiger charge is 2.21. The second-order valence-electron chi connectivity index (χ2n) is 4.55. The van der Waals surface area contributed by atoms with Crippen LogP contribution in [0.15, 0.2) is 29.2 Å². The van der Waals surface area contributed by atoms with Gasteiger partial charge in [-0.3, -0.25) is 0 Å². The number of hydrogen-bond acceptors (Lipinski definition) is 3. The first kappa shape index (κ1) is 15.2. The summed E-state index contributed by atoms with van der Waals surface area (Å²) in [6, 6.07) is 6.99. The summed E-state index contributed by atoms with van der Waals surface area (Å²) >= 11 is 0.532. The molecule has 0 saturated heterocycles. The molecule has 0 fully saturated rings. The van der Waals surface area contributed by atoms with E-state index in [1.54, 1.807) is 24.3 Å². The van der Waals surface area contributed by atoms with E-state index >= 15 is 0 Å². The molecule has 0 aliphatic rings. The van der Waals surface area contributed by atoms with Gasteiger partial charge in [0.05, 0.1) is 6.61 Å². The molecule has 0 radical (unpaired) electrons. The number of alkyl halides is 2. The van der Waals surface area contributed by atoms with E-state index in [0.717, 1.165) is 6.42 Å². The molecule has 0 amide bonds. The Morgan fingerprint density at radius 3 is 2.61 bits per heavy atom. The van der Waals surface area contributed by atoms with Crippen molar-refractivity contribution in [3.05, 3.63) is 24.3 Å². The predicted molar refractivity (Wildman–Crippen MR) is 72.3 cm³/mol. The van der Waals surface area contributed by atoms with Gasteiger partial charge in [0.1, 0.15) is 0 Å². The maximum absolute atomic E-state index is 12.4. The SMILES string of the molecule is CCC(C)(CO)CNc1ccccc1SC(F)F. The fourth-order valence-corrected chi connectivity index (χ4v) is 2.03. The van der Waals surface area contributed by atoms with E-state index in [1.165, 1.54) is 0 Å². The summed E-state index contributed by atoms with van der Waals surface area (Å²) in [4.78, 5) is 0.531. The summed E-state index contributed by atoms with van der Waals surface area (Å²) in [7, 11) is 0. The number of thioether (sulfide) groups is 1. The summed E-state index contributed by atoms with van der Waals surface area (Å²) in [5.41, 5.74) is 0.457. The van der Waals surface area contributed by atoms with Gasteiger partial charge < -0.3 is 10.4 Å². The Morgan fingerprint density at radius 2 is 2.06 bits per heavy atom. The molecule has 1 rings (SSSR count). The van der Waals surface area contributed by atoms with Crippen molar-refractivity contribution >= 4 is 17.4 Å². The molecule has 0 heterocycles. The zero-order valence-electron chi connectivity index (χ0n) is 10.6. The molecular formula is C13H19F2NOS. The molecule has 2 nitrogen and oxygen atoms in total. The van der Waals surface area contributed by atoms with E-state index in [0.29, 0.717) is 28.9 Å². The molecule has 1 aromatic rings. The fraction of sp³-hybridized carbons (Fsp3) is 0.538. The number of halogens is 2. The summed E-state index contributed by atoms with van der Waals surface area (Å²) in [6.07, 6.45) is 0.820. The molecule has 0 aliphatic heterocycles. The van der Waals surface area contributed by atoms with E-state index in [2.05, 4.69) is 5.32 Å². The molecule has 0 aliphatic carbocycles. The average Bonchev–Trinajstić information content (AvgIpc) is 2.37. The summed E-state index contributed by atoms with van der Waals surface area (Å²) in [5, 5.41) is 12.5. The normalized spacial score (nSPS) is 14.6. The third-order valence-electron chi connectivity index (χ3n) is 3.04. The van der Waals surface area contributed by atoms with Crippen LogP contribution >= 0.6 is 11.8 Å². The predicted octanol–water partition coefficient (Wildman–Crippen LogP) is 3.82. The van der Waals surface area contributed by atoms with Gasteiger partial charge in [0.2, 0.25) is 0 Å². The number of rotatable bonds is 7. The van der Waals surface area contributed by atoms with Gasteiger partial charge in [0.25, 0.3) is 5.76 Å². The van der Waals surface area contributed by atoms with Crippen molar-refractivity contribution < 1.29 is 13.9 Å². The molecule has 0 aromatic heterocycles. The molecule has 1 aromatic carbocycles. The number of aliphatic hydroxyl groups is 1. The Bertz CT molecular complexity index is 370. The van der Waals surface area contributed by atoms with Crippen LogP contribution in [0.2, 0.25) is 0 Å². The van der Waals surface area contributed by atoms with E-state index < -0.39 is 5.76 Å². The van der Waals surface area contributed by atoms with Crippen LogP contribution in [0, 0.1) is 5.41 Å². The van der Waals surface area contributed by atoms with Crippen LogP contribution in [0.4, 0.5) is 14.5 Å². The lowest BCUT2D eigenvalue weighted by Gasteiger charge is -2.27. The van der Waals surface area contributed by atoms with Gasteiger partial charge in [-0.2, -0.15) is 8.78 Å². The van der Waals surface area contributed by atoms with E-state index in [-0.39, 0.29) is 12.0 Å². The van der Waals surface area contributed by atoms with Crippen molar-refractivity contribution in [3.8, 4) is 0 Å². The van der Waals surface area contributed by atoms with Crippen molar-refractivity contribution in [1.82, 2.24) is 0 Å². The highest BCUT2D eigenvalue weighted by atomic mass is 32.2. The minimum Gasteiger partial charge on any atom is -0.396 e. The van der Waals surface area contributed by atoms with Gasteiger partial charge >= 0.3 is 0 Å². The number of anilines is 1. The molecule has 18 heavy (non-hydrogen) atoms. The summed E-state index contributed by atoms with van der Waals surface area (Å²) < 4.78 is 24.8. The smallest absolute Gasteiger partial charge is 0.288 e. The quantitative estimate of drug-likeness (QED) is 0.742. The van der Waals surface area contributed by atoms with Crippen molar-refractivity contribution in [2.75, 3.05) is 18.5 Å². The van der Waals surface area contributed by atoms with Crippen LogP contribution in [-0.4, -0.2) is 24.0 Å². The van der Waals surface area contributed by atoms with Crippen LogP contribution in [0.3, 0.4) is 0 Å². The number of nitrogens with one attached hydrogen (secondary N) is 1. The minimum absolute atomic E-state index is 0.0701. The lowest BCUT2D eigenvalue weighted by molar-refractivity contribution is 0.149. The highest BCUT2D eigenvalue weighted by molar-refractivity contribution is 7.99.